The maximum Gasteiger partial charge on any atom is 0.162 e. The van der Waals surface area contributed by atoms with Gasteiger partial charge >= 0.3 is 0 Å². The van der Waals surface area contributed by atoms with Gasteiger partial charge in [-0.3, -0.25) is 4.79 Å². The van der Waals surface area contributed by atoms with Gasteiger partial charge in [-0.15, -0.1) is 0 Å². The predicted molar refractivity (Wildman–Crippen MR) is 80.7 cm³/mol. The number of ether oxygens (including phenoxy) is 1. The lowest BCUT2D eigenvalue weighted by Gasteiger charge is -2.14. The third-order valence-corrected chi connectivity index (χ3v) is 3.41. The van der Waals surface area contributed by atoms with Crippen molar-refractivity contribution in [2.45, 2.75) is 25.4 Å². The molecule has 2 aromatic carbocycles. The second-order valence-corrected chi connectivity index (χ2v) is 4.87. The summed E-state index contributed by atoms with van der Waals surface area (Å²) in [6.45, 7) is 0. The molecule has 0 saturated carbocycles. The Hall–Kier alpha value is -1.93. The Bertz CT molecular complexity index is 520. The van der Waals surface area contributed by atoms with E-state index in [4.69, 9.17) is 4.74 Å². The van der Waals surface area contributed by atoms with Gasteiger partial charge in [-0.25, -0.2) is 0 Å². The second-order valence-electron chi connectivity index (χ2n) is 4.87. The third-order valence-electron chi connectivity index (χ3n) is 3.41. The topological polar surface area (TPSA) is 26.3 Å². The van der Waals surface area contributed by atoms with Crippen LogP contribution in [0.2, 0.25) is 0 Å². The molecule has 0 aromatic heterocycles. The molecule has 0 amide bonds. The molecule has 104 valence electrons. The quantitative estimate of drug-likeness (QED) is 0.769. The van der Waals surface area contributed by atoms with E-state index in [0.717, 1.165) is 12.0 Å². The second kappa shape index (κ2) is 7.61. The molecule has 2 nitrogen and oxygen atoms in total. The lowest BCUT2D eigenvalue weighted by Crippen LogP contribution is -2.25. The summed E-state index contributed by atoms with van der Waals surface area (Å²) >= 11 is 0. The molecule has 0 aliphatic heterocycles. The number of rotatable bonds is 7. The zero-order chi connectivity index (χ0) is 14.2. The molecular formula is C18H20O2. The molecule has 2 aromatic rings. The Morgan fingerprint density at radius 3 is 2.05 bits per heavy atom. The number of benzene rings is 2. The molecule has 0 aliphatic rings. The summed E-state index contributed by atoms with van der Waals surface area (Å²) < 4.78 is 5.35. The van der Waals surface area contributed by atoms with E-state index in [2.05, 4.69) is 0 Å². The Morgan fingerprint density at radius 1 is 0.950 bits per heavy atom. The molecule has 0 heterocycles. The first-order valence-electron chi connectivity index (χ1n) is 6.93. The summed E-state index contributed by atoms with van der Waals surface area (Å²) in [5, 5.41) is 0. The highest BCUT2D eigenvalue weighted by Gasteiger charge is 2.17. The summed E-state index contributed by atoms with van der Waals surface area (Å²) in [4.78, 5) is 12.2. The summed E-state index contributed by atoms with van der Waals surface area (Å²) in [7, 11) is 1.61. The van der Waals surface area contributed by atoms with E-state index < -0.39 is 0 Å². The van der Waals surface area contributed by atoms with E-state index in [1.807, 2.05) is 60.7 Å². The van der Waals surface area contributed by atoms with Gasteiger partial charge in [0.25, 0.3) is 0 Å². The van der Waals surface area contributed by atoms with Gasteiger partial charge in [-0.05, 0) is 17.5 Å². The van der Waals surface area contributed by atoms with Crippen molar-refractivity contribution >= 4 is 5.78 Å². The van der Waals surface area contributed by atoms with Crippen LogP contribution in [0.3, 0.4) is 0 Å². The third kappa shape index (κ3) is 4.32. The van der Waals surface area contributed by atoms with Gasteiger partial charge < -0.3 is 4.74 Å². The summed E-state index contributed by atoms with van der Waals surface area (Å²) in [6.07, 6.45) is 1.59. The molecule has 0 aliphatic carbocycles. The summed E-state index contributed by atoms with van der Waals surface area (Å²) in [6, 6.07) is 20.1. The first-order chi connectivity index (χ1) is 9.79. The Kier molecular flexibility index (Phi) is 5.51. The highest BCUT2D eigenvalue weighted by atomic mass is 16.5. The van der Waals surface area contributed by atoms with Crippen molar-refractivity contribution in [3.63, 3.8) is 0 Å². The number of carbonyl (C=O) groups is 1. The van der Waals surface area contributed by atoms with Crippen LogP contribution in [0.1, 0.15) is 17.5 Å². The Morgan fingerprint density at radius 2 is 1.50 bits per heavy atom. The zero-order valence-electron chi connectivity index (χ0n) is 11.8. The average Bonchev–Trinajstić information content (AvgIpc) is 2.52. The molecule has 2 heteroatoms. The van der Waals surface area contributed by atoms with Crippen LogP contribution in [0.15, 0.2) is 60.7 Å². The maximum atomic E-state index is 12.2. The molecule has 0 saturated heterocycles. The molecule has 0 fully saturated rings. The summed E-state index contributed by atoms with van der Waals surface area (Å²) in [5.74, 6) is 0.167. The average molecular weight is 268 g/mol. The van der Waals surface area contributed by atoms with Crippen LogP contribution >= 0.6 is 0 Å². The number of carbonyl (C=O) groups excluding carboxylic acids is 1. The monoisotopic (exact) mass is 268 g/mol. The van der Waals surface area contributed by atoms with Gasteiger partial charge in [0.1, 0.15) is 6.10 Å². The van der Waals surface area contributed by atoms with Crippen molar-refractivity contribution in [3.05, 3.63) is 71.8 Å². The number of hydrogen-bond donors (Lipinski definition) is 0. The van der Waals surface area contributed by atoms with Crippen LogP contribution in [0.25, 0.3) is 0 Å². The molecule has 0 bridgehead atoms. The van der Waals surface area contributed by atoms with Crippen LogP contribution in [0.4, 0.5) is 0 Å². The Balaban J connectivity index is 1.89. The Labute approximate surface area is 120 Å². The number of hydrogen-bond acceptors (Lipinski definition) is 2. The molecule has 2 rings (SSSR count). The van der Waals surface area contributed by atoms with E-state index in [0.29, 0.717) is 12.8 Å². The maximum absolute atomic E-state index is 12.2. The molecule has 0 N–H and O–H groups in total. The SMILES string of the molecule is COC(Cc1ccccc1)C(=O)CCc1ccccc1. The molecule has 0 radical (unpaired) electrons. The molecular weight excluding hydrogens is 248 g/mol. The van der Waals surface area contributed by atoms with Crippen molar-refractivity contribution < 1.29 is 9.53 Å². The van der Waals surface area contributed by atoms with Crippen molar-refractivity contribution in [1.29, 1.82) is 0 Å². The van der Waals surface area contributed by atoms with E-state index in [1.165, 1.54) is 5.56 Å². The van der Waals surface area contributed by atoms with Crippen molar-refractivity contribution in [2.24, 2.45) is 0 Å². The van der Waals surface area contributed by atoms with E-state index >= 15 is 0 Å². The standard InChI is InChI=1S/C18H20O2/c1-20-18(14-16-10-6-3-7-11-16)17(19)13-12-15-8-4-2-5-9-15/h2-11,18H,12-14H2,1H3. The van der Waals surface area contributed by atoms with E-state index in [9.17, 15) is 4.79 Å². The first kappa shape index (κ1) is 14.5. The van der Waals surface area contributed by atoms with Gasteiger partial charge in [0.2, 0.25) is 0 Å². The lowest BCUT2D eigenvalue weighted by atomic mass is 10.00. The largest absolute Gasteiger partial charge is 0.373 e. The van der Waals surface area contributed by atoms with Gasteiger partial charge in [0.15, 0.2) is 5.78 Å². The van der Waals surface area contributed by atoms with Gasteiger partial charge in [-0.1, -0.05) is 60.7 Å². The predicted octanol–water partition coefficient (Wildman–Crippen LogP) is 3.45. The van der Waals surface area contributed by atoms with Crippen LogP contribution in [0.5, 0.6) is 0 Å². The lowest BCUT2D eigenvalue weighted by molar-refractivity contribution is -0.128. The molecule has 1 atom stereocenters. The number of Topliss-reactive ketones (excluding diaryl/α,β-unsaturated/α-hetero) is 1. The first-order valence-corrected chi connectivity index (χ1v) is 6.93. The normalized spacial score (nSPS) is 12.1. The van der Waals surface area contributed by atoms with Crippen LogP contribution in [0, 0.1) is 0 Å². The highest BCUT2D eigenvalue weighted by molar-refractivity contribution is 5.83. The fraction of sp³-hybridized carbons (Fsp3) is 0.278. The van der Waals surface area contributed by atoms with Crippen LogP contribution < -0.4 is 0 Å². The molecule has 0 spiro atoms. The number of aryl methyl sites for hydroxylation is 1. The van der Waals surface area contributed by atoms with Crippen molar-refractivity contribution in [1.82, 2.24) is 0 Å². The number of ketones is 1. The van der Waals surface area contributed by atoms with E-state index in [1.54, 1.807) is 7.11 Å². The van der Waals surface area contributed by atoms with Gasteiger partial charge in [-0.2, -0.15) is 0 Å². The highest BCUT2D eigenvalue weighted by Crippen LogP contribution is 2.10. The molecule has 20 heavy (non-hydrogen) atoms. The minimum absolute atomic E-state index is 0.167. The smallest absolute Gasteiger partial charge is 0.162 e. The van der Waals surface area contributed by atoms with Gasteiger partial charge in [0.05, 0.1) is 0 Å². The van der Waals surface area contributed by atoms with Crippen molar-refractivity contribution in [3.8, 4) is 0 Å². The van der Waals surface area contributed by atoms with Crippen LogP contribution in [-0.4, -0.2) is 19.0 Å². The fourth-order valence-corrected chi connectivity index (χ4v) is 2.23. The van der Waals surface area contributed by atoms with Crippen molar-refractivity contribution in [2.75, 3.05) is 7.11 Å². The van der Waals surface area contributed by atoms with Gasteiger partial charge in [0, 0.05) is 20.0 Å². The summed E-state index contributed by atoms with van der Waals surface area (Å²) in [5.41, 5.74) is 2.32. The fourth-order valence-electron chi connectivity index (χ4n) is 2.23. The zero-order valence-corrected chi connectivity index (χ0v) is 11.8. The van der Waals surface area contributed by atoms with Crippen LogP contribution in [-0.2, 0) is 22.4 Å². The molecule has 1 unspecified atom stereocenters. The number of methoxy groups -OCH3 is 1. The van der Waals surface area contributed by atoms with E-state index in [-0.39, 0.29) is 11.9 Å². The minimum Gasteiger partial charge on any atom is -0.373 e. The minimum atomic E-state index is -0.346.